The van der Waals surface area contributed by atoms with E-state index < -0.39 is 5.97 Å². The van der Waals surface area contributed by atoms with E-state index in [1.165, 1.54) is 20.3 Å². The molecule has 0 saturated carbocycles. The van der Waals surface area contributed by atoms with E-state index in [1.807, 2.05) is 13.0 Å². The van der Waals surface area contributed by atoms with Crippen molar-refractivity contribution in [3.63, 3.8) is 0 Å². The highest BCUT2D eigenvalue weighted by molar-refractivity contribution is 6.01. The largest absolute Gasteiger partial charge is 0.493 e. The summed E-state index contributed by atoms with van der Waals surface area (Å²) in [7, 11) is 2.97. The van der Waals surface area contributed by atoms with Crippen molar-refractivity contribution in [1.82, 2.24) is 0 Å². The lowest BCUT2D eigenvalue weighted by molar-refractivity contribution is 0.0732. The molecular weight excluding hydrogens is 308 g/mol. The molecule has 126 valence electrons. The normalized spacial score (nSPS) is 10.1. The molecule has 0 heterocycles. The summed E-state index contributed by atoms with van der Waals surface area (Å²) in [5.41, 5.74) is 0.708. The van der Waals surface area contributed by atoms with E-state index in [1.54, 1.807) is 30.3 Å². The Morgan fingerprint density at radius 2 is 1.54 bits per heavy atom. The van der Waals surface area contributed by atoms with Gasteiger partial charge in [-0.2, -0.15) is 0 Å². The van der Waals surface area contributed by atoms with Crippen LogP contribution in [-0.4, -0.2) is 26.0 Å². The van der Waals surface area contributed by atoms with Gasteiger partial charge in [-0.05, 0) is 24.6 Å². The zero-order chi connectivity index (χ0) is 17.5. The summed E-state index contributed by atoms with van der Waals surface area (Å²) in [5, 5.41) is 0. The van der Waals surface area contributed by atoms with Crippen molar-refractivity contribution in [3.8, 4) is 17.2 Å². The van der Waals surface area contributed by atoms with Crippen molar-refractivity contribution in [2.75, 3.05) is 14.2 Å². The third kappa shape index (κ3) is 3.93. The van der Waals surface area contributed by atoms with Crippen LogP contribution < -0.4 is 14.2 Å². The maximum atomic E-state index is 12.4. The Balaban J connectivity index is 2.42. The van der Waals surface area contributed by atoms with E-state index in [2.05, 4.69) is 0 Å². The molecule has 5 nitrogen and oxygen atoms in total. The molecule has 5 heteroatoms. The average molecular weight is 328 g/mol. The number of esters is 1. The highest BCUT2D eigenvalue weighted by atomic mass is 16.5. The minimum atomic E-state index is -0.534. The first kappa shape index (κ1) is 17.5. The summed E-state index contributed by atoms with van der Waals surface area (Å²) in [6.45, 7) is 1.91. The fourth-order valence-corrected chi connectivity index (χ4v) is 2.26. The second kappa shape index (κ2) is 8.15. The van der Waals surface area contributed by atoms with Crippen molar-refractivity contribution in [1.29, 1.82) is 0 Å². The lowest BCUT2D eigenvalue weighted by Gasteiger charge is -2.14. The number of carbonyl (C=O) groups is 2. The number of rotatable bonds is 7. The van der Waals surface area contributed by atoms with Gasteiger partial charge in [0.25, 0.3) is 0 Å². The average Bonchev–Trinajstić information content (AvgIpc) is 2.62. The number of carbonyl (C=O) groups excluding carboxylic acids is 2. The Bertz CT molecular complexity index is 722. The number of methoxy groups -OCH3 is 2. The Morgan fingerprint density at radius 3 is 2.12 bits per heavy atom. The third-order valence-corrected chi connectivity index (χ3v) is 3.48. The third-order valence-electron chi connectivity index (χ3n) is 3.48. The highest BCUT2D eigenvalue weighted by Crippen LogP contribution is 2.35. The molecule has 0 bridgehead atoms. The van der Waals surface area contributed by atoms with Crippen molar-refractivity contribution < 1.29 is 23.8 Å². The molecule has 0 amide bonds. The molecule has 0 aromatic heterocycles. The quantitative estimate of drug-likeness (QED) is 0.438. The molecular formula is C19H20O5. The number of hydrogen-bond donors (Lipinski definition) is 0. The van der Waals surface area contributed by atoms with E-state index in [0.29, 0.717) is 35.5 Å². The number of ether oxygens (including phenoxy) is 3. The van der Waals surface area contributed by atoms with Crippen LogP contribution >= 0.6 is 0 Å². The lowest BCUT2D eigenvalue weighted by atomic mass is 10.0. The number of ketones is 1. The van der Waals surface area contributed by atoms with Crippen LogP contribution in [0, 0.1) is 0 Å². The molecule has 0 saturated heterocycles. The van der Waals surface area contributed by atoms with Gasteiger partial charge >= 0.3 is 5.97 Å². The van der Waals surface area contributed by atoms with Crippen molar-refractivity contribution in [2.45, 2.75) is 19.8 Å². The van der Waals surface area contributed by atoms with Gasteiger partial charge in [-0.1, -0.05) is 25.1 Å². The zero-order valence-corrected chi connectivity index (χ0v) is 14.0. The van der Waals surface area contributed by atoms with Gasteiger partial charge in [-0.25, -0.2) is 4.79 Å². The van der Waals surface area contributed by atoms with Gasteiger partial charge in [0.1, 0.15) is 5.75 Å². The predicted molar refractivity (Wildman–Crippen MR) is 90.2 cm³/mol. The summed E-state index contributed by atoms with van der Waals surface area (Å²) in [5.74, 6) is 0.320. The monoisotopic (exact) mass is 328 g/mol. The Labute approximate surface area is 141 Å². The SMILES string of the molecule is CCCC(=O)c1cc(OC)c(OC)cc1OC(=O)c1ccccc1. The molecule has 0 atom stereocenters. The van der Waals surface area contributed by atoms with Crippen LogP contribution in [0.25, 0.3) is 0 Å². The number of Topliss-reactive ketones (excluding diaryl/α,β-unsaturated/α-hetero) is 1. The lowest BCUT2D eigenvalue weighted by Crippen LogP contribution is -2.12. The van der Waals surface area contributed by atoms with Crippen molar-refractivity contribution >= 4 is 11.8 Å². The van der Waals surface area contributed by atoms with E-state index in [0.717, 1.165) is 0 Å². The molecule has 0 spiro atoms. The van der Waals surface area contributed by atoms with Crippen LogP contribution in [-0.2, 0) is 0 Å². The molecule has 0 radical (unpaired) electrons. The number of hydrogen-bond acceptors (Lipinski definition) is 5. The molecule has 0 fully saturated rings. The van der Waals surface area contributed by atoms with Crippen LogP contribution in [0.5, 0.6) is 17.2 Å². The molecule has 0 aliphatic carbocycles. The van der Waals surface area contributed by atoms with Gasteiger partial charge in [0.05, 0.1) is 25.3 Å². The molecule has 24 heavy (non-hydrogen) atoms. The van der Waals surface area contributed by atoms with E-state index in [4.69, 9.17) is 14.2 Å². The maximum absolute atomic E-state index is 12.4. The van der Waals surface area contributed by atoms with Crippen LogP contribution in [0.1, 0.15) is 40.5 Å². The molecule has 2 rings (SSSR count). The minimum Gasteiger partial charge on any atom is -0.493 e. The van der Waals surface area contributed by atoms with E-state index >= 15 is 0 Å². The van der Waals surface area contributed by atoms with E-state index in [-0.39, 0.29) is 11.5 Å². The van der Waals surface area contributed by atoms with Crippen LogP contribution in [0.2, 0.25) is 0 Å². The molecule has 0 N–H and O–H groups in total. The van der Waals surface area contributed by atoms with Gasteiger partial charge < -0.3 is 14.2 Å². The Morgan fingerprint density at radius 1 is 0.917 bits per heavy atom. The maximum Gasteiger partial charge on any atom is 0.343 e. The topological polar surface area (TPSA) is 61.8 Å². The van der Waals surface area contributed by atoms with Crippen LogP contribution in [0.15, 0.2) is 42.5 Å². The van der Waals surface area contributed by atoms with Gasteiger partial charge in [-0.15, -0.1) is 0 Å². The first-order valence-electron chi connectivity index (χ1n) is 7.67. The predicted octanol–water partition coefficient (Wildman–Crippen LogP) is 3.91. The standard InChI is InChI=1S/C19H20O5/c1-4-8-15(20)14-11-17(22-2)18(23-3)12-16(14)24-19(21)13-9-6-5-7-10-13/h5-7,9-12H,4,8H2,1-3H3. The molecule has 2 aromatic rings. The molecule has 0 unspecified atom stereocenters. The smallest absolute Gasteiger partial charge is 0.343 e. The first-order valence-corrected chi connectivity index (χ1v) is 7.67. The summed E-state index contributed by atoms with van der Waals surface area (Å²) in [6.07, 6.45) is 1.05. The van der Waals surface area contributed by atoms with Gasteiger partial charge in [0, 0.05) is 12.5 Å². The second-order valence-corrected chi connectivity index (χ2v) is 5.13. The van der Waals surface area contributed by atoms with Gasteiger partial charge in [0.15, 0.2) is 17.3 Å². The number of benzene rings is 2. The Kier molecular flexibility index (Phi) is 5.95. The first-order chi connectivity index (χ1) is 11.6. The second-order valence-electron chi connectivity index (χ2n) is 5.13. The van der Waals surface area contributed by atoms with Gasteiger partial charge in [-0.3, -0.25) is 4.79 Å². The minimum absolute atomic E-state index is 0.116. The summed E-state index contributed by atoms with van der Waals surface area (Å²) in [4.78, 5) is 24.7. The van der Waals surface area contributed by atoms with Crippen molar-refractivity contribution in [2.24, 2.45) is 0 Å². The summed E-state index contributed by atoms with van der Waals surface area (Å²) in [6, 6.07) is 11.6. The van der Waals surface area contributed by atoms with Gasteiger partial charge in [0.2, 0.25) is 0 Å². The van der Waals surface area contributed by atoms with Crippen molar-refractivity contribution in [3.05, 3.63) is 53.6 Å². The fourth-order valence-electron chi connectivity index (χ4n) is 2.26. The molecule has 2 aromatic carbocycles. The molecule has 0 aliphatic heterocycles. The highest BCUT2D eigenvalue weighted by Gasteiger charge is 2.20. The molecule has 0 aliphatic rings. The van der Waals surface area contributed by atoms with Crippen LogP contribution in [0.3, 0.4) is 0 Å². The fraction of sp³-hybridized carbons (Fsp3) is 0.263. The Hall–Kier alpha value is -2.82. The summed E-state index contributed by atoms with van der Waals surface area (Å²) >= 11 is 0. The zero-order valence-electron chi connectivity index (χ0n) is 14.0. The summed E-state index contributed by atoms with van der Waals surface area (Å²) < 4.78 is 15.9. The van der Waals surface area contributed by atoms with E-state index in [9.17, 15) is 9.59 Å². The van der Waals surface area contributed by atoms with Crippen LogP contribution in [0.4, 0.5) is 0 Å².